The van der Waals surface area contributed by atoms with Crippen LogP contribution in [0.5, 0.6) is 0 Å². The van der Waals surface area contributed by atoms with Gasteiger partial charge in [0.25, 0.3) is 0 Å². The van der Waals surface area contributed by atoms with Crippen LogP contribution < -0.4 is 0 Å². The first-order chi connectivity index (χ1) is 13.4. The Bertz CT molecular complexity index is 758. The van der Waals surface area contributed by atoms with Crippen molar-refractivity contribution < 1.29 is 33.6 Å². The molecule has 0 aliphatic carbocycles. The first-order valence-corrected chi connectivity index (χ1v) is 9.72. The maximum Gasteiger partial charge on any atom is 0.338 e. The summed E-state index contributed by atoms with van der Waals surface area (Å²) in [5.41, 5.74) is -1.00. The number of hydrogen-bond donors (Lipinski definition) is 1. The van der Waals surface area contributed by atoms with Gasteiger partial charge in [0.1, 0.15) is 12.2 Å². The smallest absolute Gasteiger partial charge is 0.338 e. The summed E-state index contributed by atoms with van der Waals surface area (Å²) in [6.07, 6.45) is -2.63. The van der Waals surface area contributed by atoms with Crippen molar-refractivity contribution in [3.63, 3.8) is 0 Å². The molecule has 4 atom stereocenters. The summed E-state index contributed by atoms with van der Waals surface area (Å²) in [4.78, 5) is 12.9. The second kappa shape index (κ2) is 7.81. The van der Waals surface area contributed by atoms with Gasteiger partial charge in [0.05, 0.1) is 18.8 Å². The zero-order valence-electron chi connectivity index (χ0n) is 17.6. The van der Waals surface area contributed by atoms with Crippen LogP contribution in [0.4, 0.5) is 0 Å². The van der Waals surface area contributed by atoms with Crippen molar-refractivity contribution in [2.45, 2.75) is 70.1 Å². The molecule has 1 N–H and O–H groups in total. The molecule has 29 heavy (non-hydrogen) atoms. The molecule has 0 saturated carbocycles. The molecule has 1 aromatic rings. The van der Waals surface area contributed by atoms with E-state index in [1.54, 1.807) is 65.0 Å². The molecule has 0 radical (unpaired) electrons. The first-order valence-electron chi connectivity index (χ1n) is 9.72. The fourth-order valence-corrected chi connectivity index (χ4v) is 3.68. The highest BCUT2D eigenvalue weighted by Crippen LogP contribution is 2.40. The molecule has 1 aromatic carbocycles. The van der Waals surface area contributed by atoms with E-state index in [-0.39, 0.29) is 13.2 Å². The fourth-order valence-electron chi connectivity index (χ4n) is 3.68. The highest BCUT2D eigenvalue weighted by Gasteiger charge is 2.57. The molecule has 0 bridgehead atoms. The number of esters is 1. The normalized spacial score (nSPS) is 28.5. The summed E-state index contributed by atoms with van der Waals surface area (Å²) in [6, 6.07) is 8.58. The van der Waals surface area contributed by atoms with Gasteiger partial charge in [0, 0.05) is 0 Å². The number of benzene rings is 1. The molecule has 0 amide bonds. The van der Waals surface area contributed by atoms with Gasteiger partial charge in [-0.1, -0.05) is 24.8 Å². The lowest BCUT2D eigenvalue weighted by Crippen LogP contribution is -2.60. The van der Waals surface area contributed by atoms with Crippen molar-refractivity contribution in [2.75, 3.05) is 13.2 Å². The third kappa shape index (κ3) is 4.54. The minimum atomic E-state index is -1.74. The summed E-state index contributed by atoms with van der Waals surface area (Å²) in [5.74, 6) is -2.33. The molecule has 0 spiro atoms. The Morgan fingerprint density at radius 3 is 2.21 bits per heavy atom. The van der Waals surface area contributed by atoms with E-state index < -0.39 is 41.5 Å². The highest BCUT2D eigenvalue weighted by atomic mass is 16.8. The van der Waals surface area contributed by atoms with Crippen molar-refractivity contribution in [3.8, 4) is 0 Å². The minimum absolute atomic E-state index is 0.118. The van der Waals surface area contributed by atoms with Crippen LogP contribution in [-0.4, -0.2) is 59.8 Å². The maximum absolute atomic E-state index is 12.9. The summed E-state index contributed by atoms with van der Waals surface area (Å²) >= 11 is 0. The monoisotopic (exact) mass is 406 g/mol. The number of carbonyl (C=O) groups is 1. The van der Waals surface area contributed by atoms with E-state index in [0.29, 0.717) is 11.1 Å². The van der Waals surface area contributed by atoms with Crippen molar-refractivity contribution in [1.82, 2.24) is 0 Å². The molecule has 2 fully saturated rings. The molecular weight excluding hydrogens is 376 g/mol. The van der Waals surface area contributed by atoms with E-state index in [9.17, 15) is 9.90 Å². The van der Waals surface area contributed by atoms with Gasteiger partial charge in [0.15, 0.2) is 23.3 Å². The summed E-state index contributed by atoms with van der Waals surface area (Å²) in [7, 11) is 0. The number of rotatable bonds is 6. The lowest BCUT2D eigenvalue weighted by molar-refractivity contribution is -0.207. The average molecular weight is 406 g/mol. The van der Waals surface area contributed by atoms with Crippen LogP contribution in [0.15, 0.2) is 42.5 Å². The summed E-state index contributed by atoms with van der Waals surface area (Å²) in [6.45, 7) is 12.9. The summed E-state index contributed by atoms with van der Waals surface area (Å²) in [5, 5.41) is 11.8. The lowest BCUT2D eigenvalue weighted by atomic mass is 9.81. The van der Waals surface area contributed by atoms with Gasteiger partial charge in [-0.15, -0.1) is 0 Å². The molecule has 2 saturated heterocycles. The van der Waals surface area contributed by atoms with Crippen molar-refractivity contribution in [1.29, 1.82) is 0 Å². The van der Waals surface area contributed by atoms with E-state index in [1.807, 2.05) is 0 Å². The molecule has 2 aliphatic rings. The molecule has 7 nitrogen and oxygen atoms in total. The first kappa shape index (κ1) is 21.9. The fraction of sp³-hybridized carbons (Fsp3) is 0.591. The molecule has 2 aliphatic heterocycles. The minimum Gasteiger partial charge on any atom is -0.452 e. The third-order valence-electron chi connectivity index (χ3n) is 5.23. The van der Waals surface area contributed by atoms with Gasteiger partial charge in [-0.05, 0) is 52.3 Å². The van der Waals surface area contributed by atoms with Gasteiger partial charge in [-0.25, -0.2) is 4.79 Å². The van der Waals surface area contributed by atoms with Crippen LogP contribution in [0.1, 0.15) is 45.0 Å². The number of hydrogen-bond acceptors (Lipinski definition) is 7. The molecule has 2 heterocycles. The van der Waals surface area contributed by atoms with E-state index in [2.05, 4.69) is 6.58 Å². The van der Waals surface area contributed by atoms with E-state index in [1.165, 1.54) is 0 Å². The van der Waals surface area contributed by atoms with Gasteiger partial charge >= 0.3 is 5.97 Å². The quantitative estimate of drug-likeness (QED) is 0.574. The van der Waals surface area contributed by atoms with E-state index >= 15 is 0 Å². The predicted molar refractivity (Wildman–Crippen MR) is 105 cm³/mol. The molecule has 7 heteroatoms. The largest absolute Gasteiger partial charge is 0.452 e. The Hall–Kier alpha value is -1.77. The second-order valence-electron chi connectivity index (χ2n) is 8.48. The second-order valence-corrected chi connectivity index (χ2v) is 8.48. The maximum atomic E-state index is 12.9. The van der Waals surface area contributed by atoms with Crippen LogP contribution in [0.2, 0.25) is 0 Å². The van der Waals surface area contributed by atoms with Gasteiger partial charge in [-0.3, -0.25) is 0 Å². The molecule has 0 unspecified atom stereocenters. The van der Waals surface area contributed by atoms with Crippen LogP contribution >= 0.6 is 0 Å². The predicted octanol–water partition coefficient (Wildman–Crippen LogP) is 2.82. The topological polar surface area (TPSA) is 83.5 Å². The van der Waals surface area contributed by atoms with Crippen molar-refractivity contribution >= 4 is 5.97 Å². The third-order valence-corrected chi connectivity index (χ3v) is 5.23. The number of ether oxygens (including phenoxy) is 5. The van der Waals surface area contributed by atoms with E-state index in [4.69, 9.17) is 23.7 Å². The van der Waals surface area contributed by atoms with Gasteiger partial charge in [-0.2, -0.15) is 0 Å². The van der Waals surface area contributed by atoms with Crippen LogP contribution in [0, 0.1) is 0 Å². The van der Waals surface area contributed by atoms with Crippen LogP contribution in [-0.2, 0) is 23.7 Å². The van der Waals surface area contributed by atoms with Gasteiger partial charge < -0.3 is 28.8 Å². The van der Waals surface area contributed by atoms with Crippen molar-refractivity contribution in [3.05, 3.63) is 48.0 Å². The summed E-state index contributed by atoms with van der Waals surface area (Å²) < 4.78 is 29.1. The number of aliphatic hydroxyl groups is 1. The molecular formula is C22H30O7. The Morgan fingerprint density at radius 2 is 1.72 bits per heavy atom. The zero-order chi connectivity index (χ0) is 21.4. The Morgan fingerprint density at radius 1 is 1.14 bits per heavy atom. The number of carbonyl (C=O) groups excluding carboxylic acids is 1. The standard InChI is InChI=1S/C22H30O7/c1-14(2)22(24,17-13-26-21(5,6)29-17)18(16-12-25-20(3,4)28-16)27-19(23)15-10-8-7-9-11-15/h7-11,16-18,24H,1,12-13H2,2-6H3/t16-,17-,18+,22-/m1/s1. The zero-order valence-corrected chi connectivity index (χ0v) is 17.6. The SMILES string of the molecule is C=C(C)[C@@](O)([C@H]1COC(C)(C)O1)[C@@H](OC(=O)c1ccccc1)[C@H]1COC(C)(C)O1. The van der Waals surface area contributed by atoms with Gasteiger partial charge in [0.2, 0.25) is 0 Å². The Balaban J connectivity index is 1.96. The van der Waals surface area contributed by atoms with Crippen molar-refractivity contribution in [2.24, 2.45) is 0 Å². The highest BCUT2D eigenvalue weighted by molar-refractivity contribution is 5.89. The molecule has 3 rings (SSSR count). The Kier molecular flexibility index (Phi) is 5.91. The average Bonchev–Trinajstić information content (AvgIpc) is 3.20. The Labute approximate surface area is 171 Å². The van der Waals surface area contributed by atoms with Crippen LogP contribution in [0.3, 0.4) is 0 Å². The lowest BCUT2D eigenvalue weighted by Gasteiger charge is -2.41. The molecule has 160 valence electrons. The van der Waals surface area contributed by atoms with E-state index in [0.717, 1.165) is 0 Å². The molecule has 0 aromatic heterocycles. The van der Waals surface area contributed by atoms with Crippen LogP contribution in [0.25, 0.3) is 0 Å².